The molecule has 2 aliphatic rings. The smallest absolute Gasteiger partial charge is 0.228 e. The first-order chi connectivity index (χ1) is 13.7. The van der Waals surface area contributed by atoms with E-state index in [1.807, 2.05) is 53.8 Å². The maximum absolute atomic E-state index is 13.3. The number of aromatic nitrogens is 1. The number of benzene rings is 1. The Morgan fingerprint density at radius 1 is 1.28 bits per heavy atom. The van der Waals surface area contributed by atoms with E-state index in [2.05, 4.69) is 10.3 Å². The van der Waals surface area contributed by atoms with Crippen LogP contribution < -0.4 is 10.2 Å². The van der Waals surface area contributed by atoms with Gasteiger partial charge >= 0.3 is 0 Å². The van der Waals surface area contributed by atoms with Gasteiger partial charge in [-0.1, -0.05) is 12.1 Å². The van der Waals surface area contributed by atoms with Gasteiger partial charge in [-0.05, 0) is 36.1 Å². The number of piperazine rings is 1. The first kappa shape index (κ1) is 21.6. The number of halogens is 1. The van der Waals surface area contributed by atoms with E-state index < -0.39 is 0 Å². The molecule has 29 heavy (non-hydrogen) atoms. The lowest BCUT2D eigenvalue weighted by atomic mass is 10.0. The molecule has 3 heterocycles. The van der Waals surface area contributed by atoms with Crippen LogP contribution in [-0.4, -0.2) is 54.1 Å². The van der Waals surface area contributed by atoms with Crippen LogP contribution in [0.15, 0.2) is 53.7 Å². The van der Waals surface area contributed by atoms with Gasteiger partial charge in [0.15, 0.2) is 0 Å². The molecule has 0 saturated carbocycles. The number of rotatable bonds is 4. The standard InChI is InChI=1S/C21H24N4O2S.ClH/c1-28-18-6-2-5-17(11-18)25-14-16(10-20(25)26)21(27)24-9-8-23-13-19(24)15-4-3-7-22-12-15;/h2-7,11-12,16,19,23H,8-10,13-14H2,1H3;1H. The minimum absolute atomic E-state index is 0. The normalized spacial score (nSPS) is 21.8. The lowest BCUT2D eigenvalue weighted by Gasteiger charge is -2.37. The van der Waals surface area contributed by atoms with Crippen LogP contribution in [-0.2, 0) is 9.59 Å². The summed E-state index contributed by atoms with van der Waals surface area (Å²) in [5, 5.41) is 3.36. The largest absolute Gasteiger partial charge is 0.333 e. The Morgan fingerprint density at radius 3 is 2.90 bits per heavy atom. The number of thioether (sulfide) groups is 1. The molecule has 2 aromatic rings. The molecule has 2 fully saturated rings. The molecular formula is C21H25ClN4O2S. The highest BCUT2D eigenvalue weighted by Gasteiger charge is 2.39. The highest BCUT2D eigenvalue weighted by molar-refractivity contribution is 7.98. The van der Waals surface area contributed by atoms with Crippen LogP contribution in [0.25, 0.3) is 0 Å². The molecule has 2 unspecified atom stereocenters. The minimum Gasteiger partial charge on any atom is -0.333 e. The Kier molecular flexibility index (Phi) is 7.16. The highest BCUT2D eigenvalue weighted by Crippen LogP contribution is 2.31. The fraction of sp³-hybridized carbons (Fsp3) is 0.381. The number of amides is 2. The molecule has 2 amide bonds. The maximum Gasteiger partial charge on any atom is 0.228 e. The predicted octanol–water partition coefficient (Wildman–Crippen LogP) is 2.75. The fourth-order valence-corrected chi connectivity index (χ4v) is 4.43. The van der Waals surface area contributed by atoms with E-state index in [1.54, 1.807) is 22.9 Å². The molecule has 0 radical (unpaired) electrons. The van der Waals surface area contributed by atoms with Crippen molar-refractivity contribution in [1.29, 1.82) is 0 Å². The van der Waals surface area contributed by atoms with Crippen LogP contribution >= 0.6 is 24.2 Å². The number of pyridine rings is 1. The van der Waals surface area contributed by atoms with Gasteiger partial charge in [-0.25, -0.2) is 0 Å². The molecule has 1 aromatic carbocycles. The van der Waals surface area contributed by atoms with Crippen molar-refractivity contribution in [1.82, 2.24) is 15.2 Å². The zero-order valence-electron chi connectivity index (χ0n) is 16.3. The molecule has 4 rings (SSSR count). The van der Waals surface area contributed by atoms with E-state index in [9.17, 15) is 9.59 Å². The lowest BCUT2D eigenvalue weighted by Crippen LogP contribution is -2.50. The van der Waals surface area contributed by atoms with Gasteiger partial charge in [0, 0.05) is 55.6 Å². The van der Waals surface area contributed by atoms with Crippen molar-refractivity contribution in [3.63, 3.8) is 0 Å². The third-order valence-corrected chi connectivity index (χ3v) is 6.16. The summed E-state index contributed by atoms with van der Waals surface area (Å²) in [6, 6.07) is 11.8. The summed E-state index contributed by atoms with van der Waals surface area (Å²) in [4.78, 5) is 35.0. The quantitative estimate of drug-likeness (QED) is 0.752. The van der Waals surface area contributed by atoms with Crippen molar-refractivity contribution in [2.24, 2.45) is 5.92 Å². The average molecular weight is 433 g/mol. The van der Waals surface area contributed by atoms with Gasteiger partial charge in [0.2, 0.25) is 11.8 Å². The Labute approximate surface area is 181 Å². The number of nitrogens with one attached hydrogen (secondary N) is 1. The summed E-state index contributed by atoms with van der Waals surface area (Å²) in [5.41, 5.74) is 1.90. The van der Waals surface area contributed by atoms with Crippen LogP contribution in [0, 0.1) is 5.92 Å². The SMILES string of the molecule is CSc1cccc(N2CC(C(=O)N3CCNCC3c3cccnc3)CC2=O)c1.Cl. The molecule has 6 nitrogen and oxygen atoms in total. The molecule has 1 aromatic heterocycles. The monoisotopic (exact) mass is 432 g/mol. The van der Waals surface area contributed by atoms with Crippen molar-refractivity contribution in [2.45, 2.75) is 17.4 Å². The van der Waals surface area contributed by atoms with E-state index in [0.29, 0.717) is 19.6 Å². The summed E-state index contributed by atoms with van der Waals surface area (Å²) >= 11 is 1.64. The molecule has 0 aliphatic carbocycles. The number of carbonyl (C=O) groups is 2. The van der Waals surface area contributed by atoms with Crippen molar-refractivity contribution >= 4 is 41.7 Å². The van der Waals surface area contributed by atoms with E-state index >= 15 is 0 Å². The third kappa shape index (κ3) is 4.57. The van der Waals surface area contributed by atoms with Crippen LogP contribution in [0.4, 0.5) is 5.69 Å². The zero-order valence-corrected chi connectivity index (χ0v) is 17.9. The second-order valence-electron chi connectivity index (χ2n) is 7.14. The van der Waals surface area contributed by atoms with Gasteiger partial charge in [0.25, 0.3) is 0 Å². The molecule has 2 aliphatic heterocycles. The van der Waals surface area contributed by atoms with Crippen LogP contribution in [0.5, 0.6) is 0 Å². The van der Waals surface area contributed by atoms with Crippen LogP contribution in [0.2, 0.25) is 0 Å². The summed E-state index contributed by atoms with van der Waals surface area (Å²) in [7, 11) is 0. The van der Waals surface area contributed by atoms with Crippen molar-refractivity contribution in [3.05, 3.63) is 54.4 Å². The van der Waals surface area contributed by atoms with Gasteiger partial charge in [0.05, 0.1) is 12.0 Å². The highest BCUT2D eigenvalue weighted by atomic mass is 35.5. The first-order valence-electron chi connectivity index (χ1n) is 9.53. The van der Waals surface area contributed by atoms with Gasteiger partial charge < -0.3 is 15.1 Å². The number of hydrogen-bond acceptors (Lipinski definition) is 5. The summed E-state index contributed by atoms with van der Waals surface area (Å²) < 4.78 is 0. The van der Waals surface area contributed by atoms with E-state index in [0.717, 1.165) is 22.7 Å². The Balaban J connectivity index is 0.00000240. The Morgan fingerprint density at radius 2 is 2.14 bits per heavy atom. The molecule has 154 valence electrons. The van der Waals surface area contributed by atoms with Crippen molar-refractivity contribution in [3.8, 4) is 0 Å². The van der Waals surface area contributed by atoms with E-state index in [1.165, 1.54) is 0 Å². The summed E-state index contributed by atoms with van der Waals surface area (Å²) in [5.74, 6) is -0.223. The number of carbonyl (C=O) groups excluding carboxylic acids is 2. The second-order valence-corrected chi connectivity index (χ2v) is 8.02. The zero-order chi connectivity index (χ0) is 19.5. The Hall–Kier alpha value is -2.09. The van der Waals surface area contributed by atoms with Crippen LogP contribution in [0.1, 0.15) is 18.0 Å². The third-order valence-electron chi connectivity index (χ3n) is 5.43. The van der Waals surface area contributed by atoms with Gasteiger partial charge in [-0.2, -0.15) is 0 Å². The van der Waals surface area contributed by atoms with Crippen molar-refractivity contribution in [2.75, 3.05) is 37.3 Å². The predicted molar refractivity (Wildman–Crippen MR) is 117 cm³/mol. The maximum atomic E-state index is 13.3. The molecule has 0 spiro atoms. The summed E-state index contributed by atoms with van der Waals surface area (Å²) in [6.07, 6.45) is 5.84. The van der Waals surface area contributed by atoms with Crippen LogP contribution in [0.3, 0.4) is 0 Å². The molecular weight excluding hydrogens is 408 g/mol. The molecule has 8 heteroatoms. The summed E-state index contributed by atoms with van der Waals surface area (Å²) in [6.45, 7) is 2.56. The molecule has 2 atom stereocenters. The Bertz CT molecular complexity index is 867. The number of nitrogens with zero attached hydrogens (tertiary/aromatic N) is 3. The van der Waals surface area contributed by atoms with Gasteiger partial charge in [0.1, 0.15) is 0 Å². The number of anilines is 1. The van der Waals surface area contributed by atoms with Crippen molar-refractivity contribution < 1.29 is 9.59 Å². The second kappa shape index (κ2) is 9.61. The minimum atomic E-state index is -0.303. The van der Waals surface area contributed by atoms with E-state index in [-0.39, 0.29) is 42.6 Å². The fourth-order valence-electron chi connectivity index (χ4n) is 3.97. The first-order valence-corrected chi connectivity index (χ1v) is 10.8. The molecule has 1 N–H and O–H groups in total. The average Bonchev–Trinajstić information content (AvgIpc) is 3.15. The molecule has 2 saturated heterocycles. The van der Waals surface area contributed by atoms with E-state index in [4.69, 9.17) is 0 Å². The molecule has 0 bridgehead atoms. The number of hydrogen-bond donors (Lipinski definition) is 1. The van der Waals surface area contributed by atoms with Gasteiger partial charge in [-0.15, -0.1) is 24.2 Å². The topological polar surface area (TPSA) is 65.5 Å². The van der Waals surface area contributed by atoms with Gasteiger partial charge in [-0.3, -0.25) is 14.6 Å². The lowest BCUT2D eigenvalue weighted by molar-refractivity contribution is -0.139.